The molecule has 10 nitrogen and oxygen atoms in total. The van der Waals surface area contributed by atoms with Gasteiger partial charge in [0.2, 0.25) is 17.6 Å². The lowest BCUT2D eigenvalue weighted by Gasteiger charge is -2.27. The Hall–Kier alpha value is -3.12. The van der Waals surface area contributed by atoms with Gasteiger partial charge in [0.05, 0.1) is 12.8 Å². The number of quaternary nitrogens is 1. The number of amidine groups is 1. The number of aliphatic hydroxyl groups is 1. The van der Waals surface area contributed by atoms with Crippen LogP contribution in [0.15, 0.2) is 64.1 Å². The van der Waals surface area contributed by atoms with Gasteiger partial charge >= 0.3 is 0 Å². The van der Waals surface area contributed by atoms with Gasteiger partial charge in [0, 0.05) is 29.5 Å². The highest BCUT2D eigenvalue weighted by Crippen LogP contribution is 2.26. The molecule has 1 aromatic heterocycles. The summed E-state index contributed by atoms with van der Waals surface area (Å²) in [4.78, 5) is 18.2. The number of carbonyl (C=O) groups is 1. The molecule has 2 aromatic rings. The van der Waals surface area contributed by atoms with Crippen molar-refractivity contribution in [3.05, 3.63) is 59.9 Å². The molecule has 2 aliphatic heterocycles. The number of H-pyrrole nitrogens is 1. The fraction of sp³-hybridized carbons (Fsp3) is 0.250. The molecule has 0 bridgehead atoms. The molecule has 1 atom stereocenters. The Morgan fingerprint density at radius 2 is 2.19 bits per heavy atom. The van der Waals surface area contributed by atoms with Crippen LogP contribution in [0.5, 0.6) is 0 Å². The number of anilines is 2. The number of rotatable bonds is 8. The van der Waals surface area contributed by atoms with Crippen LogP contribution in [-0.2, 0) is 9.53 Å². The predicted octanol–water partition coefficient (Wildman–Crippen LogP) is 0.667. The standard InChI is InChI=1S/C20H23N7O3S/c1-13-7-17(25-24-13)23-19-10-26(9-18-21-15(11-28)8-27(18)19)31-16-5-3-14(4-6-16)22-20(29)12-30-2/h3-8,10,28H,9,11-12H2,1-2H3,(H,22,29)(H2,23,24,25)/p+1. The summed E-state index contributed by atoms with van der Waals surface area (Å²) in [5, 5.41) is 22.8. The number of hydrogen-bond donors (Lipinski definition) is 5. The minimum Gasteiger partial charge on any atom is -0.390 e. The molecule has 4 rings (SSSR count). The monoisotopic (exact) mass is 442 g/mol. The molecule has 0 saturated carbocycles. The minimum atomic E-state index is -0.194. The first kappa shape index (κ1) is 21.1. The Morgan fingerprint density at radius 1 is 1.39 bits per heavy atom. The molecule has 0 saturated heterocycles. The molecule has 1 aromatic carbocycles. The van der Waals surface area contributed by atoms with Gasteiger partial charge in [0.25, 0.3) is 0 Å². The molecule has 11 heteroatoms. The topological polar surface area (TPSA) is 119 Å². The molecule has 0 spiro atoms. The number of aromatic amines is 1. The van der Waals surface area contributed by atoms with E-state index in [0.29, 0.717) is 23.7 Å². The number of amides is 1. The number of benzene rings is 1. The van der Waals surface area contributed by atoms with E-state index in [-0.39, 0.29) is 19.1 Å². The van der Waals surface area contributed by atoms with Crippen LogP contribution in [-0.4, -0.2) is 58.2 Å². The fourth-order valence-corrected chi connectivity index (χ4v) is 4.07. The molecular formula is C20H24N7O3S+. The van der Waals surface area contributed by atoms with Gasteiger partial charge in [0.15, 0.2) is 5.82 Å². The number of fused-ring (bicyclic) bond motifs is 1. The molecule has 0 fully saturated rings. The number of nitrogens with zero attached hydrogens (tertiary/aromatic N) is 3. The quantitative estimate of drug-likeness (QED) is 0.381. The molecule has 0 radical (unpaired) electrons. The van der Waals surface area contributed by atoms with Gasteiger partial charge in [-0.15, -0.1) is 0 Å². The molecule has 31 heavy (non-hydrogen) atoms. The van der Waals surface area contributed by atoms with Crippen molar-refractivity contribution in [3.8, 4) is 0 Å². The van der Waals surface area contributed by atoms with E-state index in [1.165, 1.54) is 7.11 Å². The number of aliphatic hydroxyl groups excluding tert-OH is 1. The summed E-state index contributed by atoms with van der Waals surface area (Å²) in [5.74, 6) is 2.26. The van der Waals surface area contributed by atoms with Crippen LogP contribution in [0.4, 0.5) is 11.5 Å². The van der Waals surface area contributed by atoms with Gasteiger partial charge in [-0.2, -0.15) is 10.1 Å². The first-order valence-electron chi connectivity index (χ1n) is 9.65. The molecule has 1 unspecified atom stereocenters. The summed E-state index contributed by atoms with van der Waals surface area (Å²) in [5.41, 5.74) is 2.31. The summed E-state index contributed by atoms with van der Waals surface area (Å²) < 4.78 is 6.90. The number of aliphatic imine (C=N–C) groups is 1. The first-order chi connectivity index (χ1) is 15.0. The number of aromatic nitrogens is 2. The molecule has 0 aliphatic carbocycles. The van der Waals surface area contributed by atoms with Crippen molar-refractivity contribution in [2.24, 2.45) is 4.99 Å². The lowest BCUT2D eigenvalue weighted by Crippen LogP contribution is -3.10. The van der Waals surface area contributed by atoms with Crippen LogP contribution in [0.3, 0.4) is 0 Å². The third-order valence-corrected chi connectivity index (χ3v) is 5.49. The molecule has 3 heterocycles. The highest BCUT2D eigenvalue weighted by atomic mass is 32.2. The van der Waals surface area contributed by atoms with Gasteiger partial charge < -0.3 is 15.2 Å². The number of nitrogens with one attached hydrogen (secondary N) is 4. The second-order valence-corrected chi connectivity index (χ2v) is 8.16. The predicted molar refractivity (Wildman–Crippen MR) is 118 cm³/mol. The van der Waals surface area contributed by atoms with Crippen molar-refractivity contribution < 1.29 is 19.5 Å². The number of carbonyl (C=O) groups excluding carboxylic acids is 1. The van der Waals surface area contributed by atoms with Gasteiger partial charge in [-0.1, -0.05) is 0 Å². The summed E-state index contributed by atoms with van der Waals surface area (Å²) in [6.07, 6.45) is 3.90. The van der Waals surface area contributed by atoms with E-state index in [1.54, 1.807) is 11.9 Å². The lowest BCUT2D eigenvalue weighted by molar-refractivity contribution is -0.700. The zero-order chi connectivity index (χ0) is 21.8. The third kappa shape index (κ3) is 5.14. The van der Waals surface area contributed by atoms with Crippen molar-refractivity contribution in [1.29, 1.82) is 0 Å². The maximum Gasteiger partial charge on any atom is 0.250 e. The summed E-state index contributed by atoms with van der Waals surface area (Å²) >= 11 is 1.55. The molecule has 162 valence electrons. The van der Waals surface area contributed by atoms with E-state index >= 15 is 0 Å². The molecule has 5 N–H and O–H groups in total. The highest BCUT2D eigenvalue weighted by Gasteiger charge is 2.34. The Morgan fingerprint density at radius 3 is 2.87 bits per heavy atom. The SMILES string of the molecule is COCC(=O)Nc1ccc(SN2C=C(Nc3cc(C)[nH]n3)[NH+]3C=C(CO)N=C3C2)cc1. The van der Waals surface area contributed by atoms with E-state index in [4.69, 9.17) is 4.74 Å². The Balaban J connectivity index is 1.49. The molecule has 1 amide bonds. The van der Waals surface area contributed by atoms with Crippen molar-refractivity contribution in [2.45, 2.75) is 11.8 Å². The van der Waals surface area contributed by atoms with Crippen molar-refractivity contribution in [1.82, 2.24) is 14.5 Å². The van der Waals surface area contributed by atoms with E-state index in [9.17, 15) is 9.90 Å². The Kier molecular flexibility index (Phi) is 6.37. The maximum absolute atomic E-state index is 11.6. The number of ether oxygens (including phenoxy) is 1. The fourth-order valence-electron chi connectivity index (χ4n) is 3.20. The second kappa shape index (κ2) is 9.35. The summed E-state index contributed by atoms with van der Waals surface area (Å²) in [6.45, 7) is 2.45. The Labute approximate surface area is 183 Å². The summed E-state index contributed by atoms with van der Waals surface area (Å²) in [7, 11) is 1.48. The van der Waals surface area contributed by atoms with E-state index in [0.717, 1.165) is 27.1 Å². The van der Waals surface area contributed by atoms with Crippen LogP contribution >= 0.6 is 11.9 Å². The lowest BCUT2D eigenvalue weighted by atomic mass is 10.3. The normalized spacial score (nSPS) is 17.6. The van der Waals surface area contributed by atoms with E-state index in [1.807, 2.05) is 49.7 Å². The van der Waals surface area contributed by atoms with Crippen LogP contribution in [0.2, 0.25) is 0 Å². The largest absolute Gasteiger partial charge is 0.390 e. The molecule has 2 aliphatic rings. The van der Waals surface area contributed by atoms with Crippen LogP contribution in [0, 0.1) is 6.92 Å². The first-order valence-corrected chi connectivity index (χ1v) is 10.4. The van der Waals surface area contributed by atoms with Gasteiger partial charge in [-0.3, -0.25) is 19.5 Å². The second-order valence-electron chi connectivity index (χ2n) is 7.04. The Bertz CT molecular complexity index is 1050. The highest BCUT2D eigenvalue weighted by molar-refractivity contribution is 7.97. The average Bonchev–Trinajstić information content (AvgIpc) is 3.35. The van der Waals surface area contributed by atoms with E-state index in [2.05, 4.69) is 30.1 Å². The van der Waals surface area contributed by atoms with Gasteiger partial charge in [-0.25, -0.2) is 4.90 Å². The molecular weight excluding hydrogens is 418 g/mol. The number of hydrogen-bond acceptors (Lipinski definition) is 8. The van der Waals surface area contributed by atoms with Gasteiger partial charge in [0.1, 0.15) is 25.0 Å². The average molecular weight is 443 g/mol. The van der Waals surface area contributed by atoms with Crippen molar-refractivity contribution >= 4 is 35.2 Å². The van der Waals surface area contributed by atoms with Crippen LogP contribution in [0.1, 0.15) is 5.69 Å². The van der Waals surface area contributed by atoms with E-state index < -0.39 is 0 Å². The zero-order valence-corrected chi connectivity index (χ0v) is 18.0. The van der Waals surface area contributed by atoms with Crippen LogP contribution in [0.25, 0.3) is 0 Å². The number of aryl methyl sites for hydroxylation is 1. The maximum atomic E-state index is 11.6. The van der Waals surface area contributed by atoms with Gasteiger partial charge in [-0.05, 0) is 43.1 Å². The van der Waals surface area contributed by atoms with Crippen LogP contribution < -0.4 is 15.5 Å². The number of methoxy groups -OCH3 is 1. The van der Waals surface area contributed by atoms with Crippen molar-refractivity contribution in [3.63, 3.8) is 0 Å². The third-order valence-electron chi connectivity index (χ3n) is 4.54. The smallest absolute Gasteiger partial charge is 0.250 e. The minimum absolute atomic E-state index is 0.0190. The van der Waals surface area contributed by atoms with Crippen molar-refractivity contribution in [2.75, 3.05) is 37.5 Å². The zero-order valence-electron chi connectivity index (χ0n) is 17.2. The summed E-state index contributed by atoms with van der Waals surface area (Å²) in [6, 6.07) is 9.51.